The second-order valence-electron chi connectivity index (χ2n) is 7.12. The summed E-state index contributed by atoms with van der Waals surface area (Å²) >= 11 is 1.75. The molecule has 0 aromatic carbocycles. The Hall–Kier alpha value is -1.20. The van der Waals surface area contributed by atoms with Crippen LogP contribution in [0.2, 0.25) is 0 Å². The standard InChI is InChI=1S/C19H30N6OS.HI/c1-4-26-10-9-19(7-8-19)14-22-18(20-12-16-6-5-11-27-16)21-13-17-24-23-15(2)25(17)3;/h5-6,11H,4,7-10,12-14H2,1-3H3,(H2,20,21,22);1H. The van der Waals surface area contributed by atoms with Gasteiger partial charge in [-0.15, -0.1) is 45.5 Å². The van der Waals surface area contributed by atoms with E-state index in [1.54, 1.807) is 11.3 Å². The number of nitrogens with one attached hydrogen (secondary N) is 2. The Labute approximate surface area is 188 Å². The average Bonchev–Trinajstić information content (AvgIpc) is 3.09. The van der Waals surface area contributed by atoms with E-state index in [0.29, 0.717) is 12.0 Å². The van der Waals surface area contributed by atoms with E-state index in [4.69, 9.17) is 9.73 Å². The number of halogens is 1. The van der Waals surface area contributed by atoms with Gasteiger partial charge in [0.15, 0.2) is 11.8 Å². The number of thiophene rings is 1. The van der Waals surface area contributed by atoms with Gasteiger partial charge >= 0.3 is 0 Å². The fourth-order valence-corrected chi connectivity index (χ4v) is 3.54. The van der Waals surface area contributed by atoms with Gasteiger partial charge in [0.1, 0.15) is 12.4 Å². The zero-order valence-corrected chi connectivity index (χ0v) is 20.0. The molecule has 0 spiro atoms. The van der Waals surface area contributed by atoms with Crippen molar-refractivity contribution in [3.63, 3.8) is 0 Å². The van der Waals surface area contributed by atoms with Crippen LogP contribution in [0.4, 0.5) is 0 Å². The van der Waals surface area contributed by atoms with E-state index in [9.17, 15) is 0 Å². The summed E-state index contributed by atoms with van der Waals surface area (Å²) < 4.78 is 7.52. The normalized spacial score (nSPS) is 15.2. The number of aromatic nitrogens is 3. The van der Waals surface area contributed by atoms with Crippen LogP contribution in [0, 0.1) is 12.3 Å². The lowest BCUT2D eigenvalue weighted by Gasteiger charge is -2.18. The molecule has 2 N–H and O–H groups in total. The molecule has 0 radical (unpaired) electrons. The quantitative estimate of drug-likeness (QED) is 0.219. The third-order valence-electron chi connectivity index (χ3n) is 5.14. The van der Waals surface area contributed by atoms with Gasteiger partial charge in [0.25, 0.3) is 0 Å². The van der Waals surface area contributed by atoms with E-state index in [2.05, 4.69) is 38.3 Å². The number of aryl methyl sites for hydroxylation is 1. The third kappa shape index (κ3) is 6.70. The molecule has 1 aliphatic rings. The van der Waals surface area contributed by atoms with E-state index in [1.165, 1.54) is 17.7 Å². The van der Waals surface area contributed by atoms with Crippen molar-refractivity contribution < 1.29 is 4.74 Å². The average molecular weight is 518 g/mol. The molecule has 1 fully saturated rings. The number of nitrogens with zero attached hydrogens (tertiary/aromatic N) is 4. The molecule has 7 nitrogen and oxygen atoms in total. The van der Waals surface area contributed by atoms with Crippen molar-refractivity contribution in [3.05, 3.63) is 34.0 Å². The van der Waals surface area contributed by atoms with Gasteiger partial charge in [-0.2, -0.15) is 0 Å². The lowest BCUT2D eigenvalue weighted by molar-refractivity contribution is 0.128. The highest BCUT2D eigenvalue weighted by atomic mass is 127. The summed E-state index contributed by atoms with van der Waals surface area (Å²) in [6.45, 7) is 7.82. The van der Waals surface area contributed by atoms with Crippen molar-refractivity contribution in [2.45, 2.75) is 46.2 Å². The second kappa shape index (κ2) is 11.1. The minimum Gasteiger partial charge on any atom is -0.382 e. The molecule has 2 heterocycles. The Kier molecular flexibility index (Phi) is 9.16. The zero-order chi connectivity index (χ0) is 19.1. The van der Waals surface area contributed by atoms with E-state index >= 15 is 0 Å². The van der Waals surface area contributed by atoms with Crippen LogP contribution in [-0.2, 0) is 24.9 Å². The smallest absolute Gasteiger partial charge is 0.192 e. The highest BCUT2D eigenvalue weighted by Gasteiger charge is 2.41. The molecule has 9 heteroatoms. The van der Waals surface area contributed by atoms with Gasteiger partial charge in [0.2, 0.25) is 0 Å². The molecule has 28 heavy (non-hydrogen) atoms. The van der Waals surface area contributed by atoms with Gasteiger partial charge in [-0.25, -0.2) is 4.99 Å². The van der Waals surface area contributed by atoms with Crippen LogP contribution in [0.15, 0.2) is 22.5 Å². The van der Waals surface area contributed by atoms with Gasteiger partial charge in [-0.05, 0) is 50.0 Å². The number of ether oxygens (including phenoxy) is 1. The summed E-state index contributed by atoms with van der Waals surface area (Å²) in [4.78, 5) is 6.03. The molecular formula is C19H31IN6OS. The topological polar surface area (TPSA) is 76.4 Å². The fraction of sp³-hybridized carbons (Fsp3) is 0.632. The maximum absolute atomic E-state index is 5.54. The summed E-state index contributed by atoms with van der Waals surface area (Å²) in [5.74, 6) is 2.59. The predicted octanol–water partition coefficient (Wildman–Crippen LogP) is 3.25. The monoisotopic (exact) mass is 518 g/mol. The maximum atomic E-state index is 5.54. The van der Waals surface area contributed by atoms with Gasteiger partial charge in [-0.3, -0.25) is 0 Å². The van der Waals surface area contributed by atoms with Crippen LogP contribution >= 0.6 is 35.3 Å². The predicted molar refractivity (Wildman–Crippen MR) is 124 cm³/mol. The van der Waals surface area contributed by atoms with Crippen molar-refractivity contribution in [2.24, 2.45) is 17.5 Å². The van der Waals surface area contributed by atoms with E-state index in [-0.39, 0.29) is 24.0 Å². The second-order valence-corrected chi connectivity index (χ2v) is 8.15. The van der Waals surface area contributed by atoms with Gasteiger partial charge in [-0.1, -0.05) is 6.07 Å². The largest absolute Gasteiger partial charge is 0.382 e. The Morgan fingerprint density at radius 1 is 1.36 bits per heavy atom. The maximum Gasteiger partial charge on any atom is 0.192 e. The lowest BCUT2D eigenvalue weighted by Crippen LogP contribution is -2.40. The molecule has 3 rings (SSSR count). The van der Waals surface area contributed by atoms with Crippen molar-refractivity contribution >= 4 is 41.3 Å². The molecule has 1 saturated carbocycles. The van der Waals surface area contributed by atoms with E-state index < -0.39 is 0 Å². The Morgan fingerprint density at radius 3 is 2.79 bits per heavy atom. The van der Waals surface area contributed by atoms with Crippen LogP contribution in [0.5, 0.6) is 0 Å². The highest BCUT2D eigenvalue weighted by molar-refractivity contribution is 14.0. The van der Waals surface area contributed by atoms with Gasteiger partial charge in [0, 0.05) is 31.7 Å². The summed E-state index contributed by atoms with van der Waals surface area (Å²) in [7, 11) is 1.97. The number of guanidine groups is 1. The first-order chi connectivity index (χ1) is 13.1. The summed E-state index contributed by atoms with van der Waals surface area (Å²) in [5, 5.41) is 17.4. The van der Waals surface area contributed by atoms with E-state index in [1.807, 2.05) is 25.5 Å². The summed E-state index contributed by atoms with van der Waals surface area (Å²) in [6.07, 6.45) is 3.62. The lowest BCUT2D eigenvalue weighted by atomic mass is 10.0. The molecule has 156 valence electrons. The van der Waals surface area contributed by atoms with Crippen molar-refractivity contribution in [1.82, 2.24) is 25.4 Å². The molecule has 2 aromatic heterocycles. The minimum absolute atomic E-state index is 0. The molecule has 0 aliphatic heterocycles. The molecule has 0 unspecified atom stereocenters. The third-order valence-corrected chi connectivity index (χ3v) is 6.02. The zero-order valence-electron chi connectivity index (χ0n) is 16.9. The molecular weight excluding hydrogens is 487 g/mol. The number of aliphatic imine (C=N–C) groups is 1. The van der Waals surface area contributed by atoms with Crippen LogP contribution in [0.3, 0.4) is 0 Å². The molecule has 0 amide bonds. The fourth-order valence-electron chi connectivity index (χ4n) is 2.89. The van der Waals surface area contributed by atoms with Crippen LogP contribution in [0.1, 0.15) is 42.7 Å². The summed E-state index contributed by atoms with van der Waals surface area (Å²) in [5.41, 5.74) is 0.363. The van der Waals surface area contributed by atoms with Gasteiger partial charge < -0.3 is 19.9 Å². The highest BCUT2D eigenvalue weighted by Crippen LogP contribution is 2.48. The molecule has 2 aromatic rings. The number of hydrogen-bond acceptors (Lipinski definition) is 5. The Balaban J connectivity index is 0.00000280. The molecule has 0 atom stereocenters. The first-order valence-electron chi connectivity index (χ1n) is 9.59. The summed E-state index contributed by atoms with van der Waals surface area (Å²) in [6, 6.07) is 4.20. The van der Waals surface area contributed by atoms with Crippen molar-refractivity contribution in [2.75, 3.05) is 19.8 Å². The molecule has 1 aliphatic carbocycles. The van der Waals surface area contributed by atoms with Gasteiger partial charge in [0.05, 0.1) is 6.54 Å². The SMILES string of the molecule is CCOCCC1(CNC(=NCc2nnc(C)n2C)NCc2cccs2)CC1.I. The first-order valence-corrected chi connectivity index (χ1v) is 10.5. The van der Waals surface area contributed by atoms with E-state index in [0.717, 1.165) is 50.3 Å². The van der Waals surface area contributed by atoms with Crippen LogP contribution < -0.4 is 10.6 Å². The van der Waals surface area contributed by atoms with Crippen LogP contribution in [-0.4, -0.2) is 40.5 Å². The Bertz CT molecular complexity index is 742. The molecule has 0 bridgehead atoms. The number of rotatable bonds is 10. The Morgan fingerprint density at radius 2 is 2.18 bits per heavy atom. The van der Waals surface area contributed by atoms with Crippen molar-refractivity contribution in [3.8, 4) is 0 Å². The van der Waals surface area contributed by atoms with Crippen molar-refractivity contribution in [1.29, 1.82) is 0 Å². The number of hydrogen-bond donors (Lipinski definition) is 2. The first kappa shape index (κ1) is 23.1. The molecule has 0 saturated heterocycles. The minimum atomic E-state index is 0. The van der Waals surface area contributed by atoms with Crippen LogP contribution in [0.25, 0.3) is 0 Å².